The molecule has 1 aliphatic carbocycles. The second kappa shape index (κ2) is 4.48. The van der Waals surface area contributed by atoms with Gasteiger partial charge in [0.05, 0.1) is 0 Å². The summed E-state index contributed by atoms with van der Waals surface area (Å²) in [4.78, 5) is 14.4. The quantitative estimate of drug-likeness (QED) is 0.822. The molecule has 3 rings (SSSR count). The molecule has 3 heteroatoms. The number of hydrogen-bond acceptors (Lipinski definition) is 2. The molecule has 0 spiro atoms. The SMILES string of the molecule is C=CCN(C(=O)c1ccc2c(c1)NCC2)C1CC1. The van der Waals surface area contributed by atoms with E-state index in [1.165, 1.54) is 5.56 Å². The van der Waals surface area contributed by atoms with E-state index >= 15 is 0 Å². The summed E-state index contributed by atoms with van der Waals surface area (Å²) in [6.07, 6.45) is 5.12. The van der Waals surface area contributed by atoms with Crippen LogP contribution < -0.4 is 5.32 Å². The van der Waals surface area contributed by atoms with Crippen molar-refractivity contribution >= 4 is 11.6 Å². The standard InChI is InChI=1S/C15H18N2O/c1-2-9-17(13-5-6-13)15(18)12-4-3-11-7-8-16-14(11)10-12/h2-4,10,13,16H,1,5-9H2. The number of benzene rings is 1. The molecule has 1 saturated carbocycles. The Bertz CT molecular complexity index is 491. The highest BCUT2D eigenvalue weighted by Crippen LogP contribution is 2.29. The van der Waals surface area contributed by atoms with E-state index in [1.54, 1.807) is 0 Å². The molecular formula is C15H18N2O. The zero-order valence-electron chi connectivity index (χ0n) is 10.5. The summed E-state index contributed by atoms with van der Waals surface area (Å²) in [5.74, 6) is 0.133. The van der Waals surface area contributed by atoms with Crippen molar-refractivity contribution in [3.8, 4) is 0 Å². The summed E-state index contributed by atoms with van der Waals surface area (Å²) in [5, 5.41) is 3.32. The maximum atomic E-state index is 12.5. The molecule has 0 aromatic heterocycles. The number of nitrogens with zero attached hydrogens (tertiary/aromatic N) is 1. The number of rotatable bonds is 4. The minimum absolute atomic E-state index is 0.133. The van der Waals surface area contributed by atoms with Crippen molar-refractivity contribution in [3.63, 3.8) is 0 Å². The predicted molar refractivity (Wildman–Crippen MR) is 72.9 cm³/mol. The van der Waals surface area contributed by atoms with Crippen molar-refractivity contribution in [1.82, 2.24) is 4.90 Å². The van der Waals surface area contributed by atoms with Crippen LogP contribution in [0, 0.1) is 0 Å². The third kappa shape index (κ3) is 2.01. The normalized spacial score (nSPS) is 16.9. The van der Waals surface area contributed by atoms with Crippen molar-refractivity contribution in [2.45, 2.75) is 25.3 Å². The summed E-state index contributed by atoms with van der Waals surface area (Å²) >= 11 is 0. The molecule has 2 aliphatic rings. The van der Waals surface area contributed by atoms with E-state index in [0.29, 0.717) is 12.6 Å². The lowest BCUT2D eigenvalue weighted by Gasteiger charge is -2.21. The number of fused-ring (bicyclic) bond motifs is 1. The van der Waals surface area contributed by atoms with Gasteiger partial charge < -0.3 is 10.2 Å². The molecule has 3 nitrogen and oxygen atoms in total. The van der Waals surface area contributed by atoms with E-state index in [1.807, 2.05) is 23.1 Å². The van der Waals surface area contributed by atoms with Crippen LogP contribution in [0.2, 0.25) is 0 Å². The van der Waals surface area contributed by atoms with Gasteiger partial charge in [0.25, 0.3) is 5.91 Å². The van der Waals surface area contributed by atoms with Crippen LogP contribution in [0.4, 0.5) is 5.69 Å². The molecule has 0 radical (unpaired) electrons. The number of carbonyl (C=O) groups excluding carboxylic acids is 1. The molecule has 1 aliphatic heterocycles. The number of amides is 1. The van der Waals surface area contributed by atoms with Crippen LogP contribution in [-0.2, 0) is 6.42 Å². The number of carbonyl (C=O) groups is 1. The Morgan fingerprint density at radius 3 is 3.06 bits per heavy atom. The van der Waals surface area contributed by atoms with Gasteiger partial charge in [-0.2, -0.15) is 0 Å². The molecule has 1 N–H and O–H groups in total. The Labute approximate surface area is 107 Å². The van der Waals surface area contributed by atoms with Crippen molar-refractivity contribution in [2.75, 3.05) is 18.4 Å². The second-order valence-electron chi connectivity index (χ2n) is 5.03. The maximum Gasteiger partial charge on any atom is 0.254 e. The van der Waals surface area contributed by atoms with Crippen LogP contribution in [0.15, 0.2) is 30.9 Å². The van der Waals surface area contributed by atoms with E-state index in [9.17, 15) is 4.79 Å². The largest absolute Gasteiger partial charge is 0.384 e. The van der Waals surface area contributed by atoms with Crippen molar-refractivity contribution in [2.24, 2.45) is 0 Å². The molecule has 0 bridgehead atoms. The van der Waals surface area contributed by atoms with Crippen LogP contribution in [-0.4, -0.2) is 29.9 Å². The van der Waals surface area contributed by atoms with Gasteiger partial charge in [-0.15, -0.1) is 6.58 Å². The fourth-order valence-corrected chi connectivity index (χ4v) is 2.51. The lowest BCUT2D eigenvalue weighted by atomic mass is 10.1. The van der Waals surface area contributed by atoms with Gasteiger partial charge in [-0.3, -0.25) is 4.79 Å². The topological polar surface area (TPSA) is 32.3 Å². The first-order valence-electron chi connectivity index (χ1n) is 6.58. The third-order valence-corrected chi connectivity index (χ3v) is 3.64. The molecule has 1 fully saturated rings. The van der Waals surface area contributed by atoms with Crippen molar-refractivity contribution in [3.05, 3.63) is 42.0 Å². The lowest BCUT2D eigenvalue weighted by Crippen LogP contribution is -2.33. The predicted octanol–water partition coefficient (Wildman–Crippen LogP) is 2.45. The first kappa shape index (κ1) is 11.3. The van der Waals surface area contributed by atoms with Crippen LogP contribution in [0.5, 0.6) is 0 Å². The van der Waals surface area contributed by atoms with E-state index < -0.39 is 0 Å². The van der Waals surface area contributed by atoms with E-state index in [2.05, 4.69) is 18.0 Å². The summed E-state index contributed by atoms with van der Waals surface area (Å²) < 4.78 is 0. The van der Waals surface area contributed by atoms with Crippen LogP contribution in [0.1, 0.15) is 28.8 Å². The maximum absolute atomic E-state index is 12.5. The average molecular weight is 242 g/mol. The molecule has 18 heavy (non-hydrogen) atoms. The summed E-state index contributed by atoms with van der Waals surface area (Å²) in [6, 6.07) is 6.44. The monoisotopic (exact) mass is 242 g/mol. The molecule has 1 heterocycles. The molecule has 0 unspecified atom stereocenters. The van der Waals surface area contributed by atoms with Gasteiger partial charge in [0, 0.05) is 30.4 Å². The molecule has 94 valence electrons. The van der Waals surface area contributed by atoms with E-state index in [4.69, 9.17) is 0 Å². The Hall–Kier alpha value is -1.77. The van der Waals surface area contributed by atoms with Crippen LogP contribution >= 0.6 is 0 Å². The Balaban J connectivity index is 1.84. The molecule has 0 saturated heterocycles. The first-order chi connectivity index (χ1) is 8.79. The Morgan fingerprint density at radius 2 is 2.33 bits per heavy atom. The van der Waals surface area contributed by atoms with Gasteiger partial charge in [-0.1, -0.05) is 12.1 Å². The summed E-state index contributed by atoms with van der Waals surface area (Å²) in [6.45, 7) is 5.36. The van der Waals surface area contributed by atoms with Crippen LogP contribution in [0.25, 0.3) is 0 Å². The highest BCUT2D eigenvalue weighted by atomic mass is 16.2. The fraction of sp³-hybridized carbons (Fsp3) is 0.400. The van der Waals surface area contributed by atoms with Gasteiger partial charge in [-0.05, 0) is 37.0 Å². The smallest absolute Gasteiger partial charge is 0.254 e. The highest BCUT2D eigenvalue weighted by Gasteiger charge is 2.32. The second-order valence-corrected chi connectivity index (χ2v) is 5.03. The molecule has 1 amide bonds. The highest BCUT2D eigenvalue weighted by molar-refractivity contribution is 5.96. The number of hydrogen-bond donors (Lipinski definition) is 1. The van der Waals surface area contributed by atoms with Crippen molar-refractivity contribution in [1.29, 1.82) is 0 Å². The average Bonchev–Trinajstić information content (AvgIpc) is 3.12. The molecule has 1 aromatic carbocycles. The fourth-order valence-electron chi connectivity index (χ4n) is 2.51. The minimum Gasteiger partial charge on any atom is -0.384 e. The zero-order valence-corrected chi connectivity index (χ0v) is 10.5. The number of anilines is 1. The van der Waals surface area contributed by atoms with Gasteiger partial charge in [0.15, 0.2) is 0 Å². The van der Waals surface area contributed by atoms with Gasteiger partial charge >= 0.3 is 0 Å². The molecular weight excluding hydrogens is 224 g/mol. The molecule has 1 aromatic rings. The van der Waals surface area contributed by atoms with Crippen LogP contribution in [0.3, 0.4) is 0 Å². The minimum atomic E-state index is 0.133. The van der Waals surface area contributed by atoms with Gasteiger partial charge in [-0.25, -0.2) is 0 Å². The third-order valence-electron chi connectivity index (χ3n) is 3.64. The van der Waals surface area contributed by atoms with E-state index in [-0.39, 0.29) is 5.91 Å². The lowest BCUT2D eigenvalue weighted by molar-refractivity contribution is 0.0762. The zero-order chi connectivity index (χ0) is 12.5. The summed E-state index contributed by atoms with van der Waals surface area (Å²) in [7, 11) is 0. The van der Waals surface area contributed by atoms with Crippen molar-refractivity contribution < 1.29 is 4.79 Å². The van der Waals surface area contributed by atoms with Gasteiger partial charge in [0.1, 0.15) is 0 Å². The Kier molecular flexibility index (Phi) is 2.82. The molecule has 0 atom stereocenters. The summed E-state index contributed by atoms with van der Waals surface area (Å²) in [5.41, 5.74) is 3.22. The Morgan fingerprint density at radius 1 is 1.50 bits per heavy atom. The number of nitrogens with one attached hydrogen (secondary N) is 1. The van der Waals surface area contributed by atoms with E-state index in [0.717, 1.165) is 37.1 Å². The van der Waals surface area contributed by atoms with Gasteiger partial charge in [0.2, 0.25) is 0 Å². The first-order valence-corrected chi connectivity index (χ1v) is 6.58.